The Kier molecular flexibility index (Phi) is 7.80. The number of aromatic nitrogens is 3. The van der Waals surface area contributed by atoms with Crippen LogP contribution < -0.4 is 14.4 Å². The molecule has 0 atom stereocenters. The Morgan fingerprint density at radius 2 is 1.59 bits per heavy atom. The van der Waals surface area contributed by atoms with E-state index in [-0.39, 0.29) is 5.04 Å². The van der Waals surface area contributed by atoms with Crippen LogP contribution in [0.4, 0.5) is 11.4 Å². The summed E-state index contributed by atoms with van der Waals surface area (Å²) in [4.78, 5) is 16.0. The number of nitrogens with zero attached hydrogens (tertiary/aromatic N) is 4. The highest BCUT2D eigenvalue weighted by Gasteiger charge is 2.37. The third-order valence-electron chi connectivity index (χ3n) is 7.03. The zero-order valence-corrected chi connectivity index (χ0v) is 23.8. The maximum Gasteiger partial charge on any atom is 0.192 e. The summed E-state index contributed by atoms with van der Waals surface area (Å²) < 4.78 is 17.7. The Morgan fingerprint density at radius 3 is 2.22 bits per heavy atom. The molecule has 0 aliphatic heterocycles. The first-order chi connectivity index (χ1) is 17.6. The summed E-state index contributed by atoms with van der Waals surface area (Å²) in [5.41, 5.74) is 5.29. The standard InChI is InChI=1S/C29H36N4O3Si/c1-29(2,3)37(6,7)36-14-13-33(23-15-24(34-4)18-25(16-23)35-5)22-10-11-26-27(17-22)32-28(20-31-26)21-9-8-12-30-19-21/h8-12,15-20H,13-14H2,1-7H3. The van der Waals surface area contributed by atoms with Gasteiger partial charge in [-0.1, -0.05) is 20.8 Å². The first-order valence-corrected chi connectivity index (χ1v) is 15.3. The van der Waals surface area contributed by atoms with Gasteiger partial charge >= 0.3 is 0 Å². The normalized spacial score (nSPS) is 12.0. The molecule has 0 aliphatic rings. The summed E-state index contributed by atoms with van der Waals surface area (Å²) in [5.74, 6) is 1.45. The van der Waals surface area contributed by atoms with Gasteiger partial charge in [0.05, 0.1) is 43.8 Å². The molecule has 0 fully saturated rings. The lowest BCUT2D eigenvalue weighted by molar-refractivity contribution is 0.297. The van der Waals surface area contributed by atoms with E-state index in [9.17, 15) is 0 Å². The first kappa shape index (κ1) is 26.6. The topological polar surface area (TPSA) is 69.6 Å². The van der Waals surface area contributed by atoms with E-state index in [2.05, 4.69) is 60.9 Å². The van der Waals surface area contributed by atoms with Crippen LogP contribution in [0, 0.1) is 0 Å². The summed E-state index contributed by atoms with van der Waals surface area (Å²) in [5, 5.41) is 0.137. The Labute approximate surface area is 220 Å². The monoisotopic (exact) mass is 516 g/mol. The molecule has 4 rings (SSSR count). The molecule has 0 amide bonds. The molecule has 0 saturated heterocycles. The van der Waals surface area contributed by atoms with E-state index < -0.39 is 8.32 Å². The summed E-state index contributed by atoms with van der Waals surface area (Å²) in [6.45, 7) is 12.6. The van der Waals surface area contributed by atoms with Gasteiger partial charge in [-0.15, -0.1) is 0 Å². The van der Waals surface area contributed by atoms with E-state index >= 15 is 0 Å². The van der Waals surface area contributed by atoms with E-state index in [0.29, 0.717) is 13.2 Å². The van der Waals surface area contributed by atoms with Crippen molar-refractivity contribution >= 4 is 30.7 Å². The molecule has 0 radical (unpaired) electrons. The van der Waals surface area contributed by atoms with Gasteiger partial charge in [0.25, 0.3) is 0 Å². The van der Waals surface area contributed by atoms with Crippen molar-refractivity contribution in [1.82, 2.24) is 15.0 Å². The molecule has 0 N–H and O–H groups in total. The Balaban J connectivity index is 1.74. The van der Waals surface area contributed by atoms with Crippen LogP contribution in [0.3, 0.4) is 0 Å². The fraction of sp³-hybridized carbons (Fsp3) is 0.345. The Bertz CT molecular complexity index is 1330. The number of anilines is 2. The lowest BCUT2D eigenvalue weighted by atomic mass is 10.2. The summed E-state index contributed by atoms with van der Waals surface area (Å²) in [7, 11) is 1.42. The van der Waals surface area contributed by atoms with Crippen LogP contribution >= 0.6 is 0 Å². The molecule has 194 valence electrons. The molecular formula is C29H36N4O3Si. The van der Waals surface area contributed by atoms with E-state index in [1.54, 1.807) is 32.8 Å². The quantitative estimate of drug-likeness (QED) is 0.225. The molecule has 0 spiro atoms. The average molecular weight is 517 g/mol. The molecule has 0 saturated carbocycles. The van der Waals surface area contributed by atoms with Gasteiger partial charge in [-0.2, -0.15) is 0 Å². The number of benzene rings is 2. The minimum absolute atomic E-state index is 0.137. The van der Waals surface area contributed by atoms with E-state index in [1.807, 2.05) is 36.4 Å². The number of rotatable bonds is 9. The van der Waals surface area contributed by atoms with Crippen LogP contribution in [0.5, 0.6) is 11.5 Å². The van der Waals surface area contributed by atoms with Gasteiger partial charge in [0.2, 0.25) is 0 Å². The molecule has 0 unspecified atom stereocenters. The van der Waals surface area contributed by atoms with Crippen molar-refractivity contribution in [1.29, 1.82) is 0 Å². The molecule has 37 heavy (non-hydrogen) atoms. The second-order valence-electron chi connectivity index (χ2n) is 10.5. The van der Waals surface area contributed by atoms with Gasteiger partial charge in [-0.25, -0.2) is 4.98 Å². The maximum atomic E-state index is 6.54. The minimum atomic E-state index is -1.90. The average Bonchev–Trinajstić information content (AvgIpc) is 2.90. The fourth-order valence-corrected chi connectivity index (χ4v) is 4.82. The predicted molar refractivity (Wildman–Crippen MR) is 152 cm³/mol. The van der Waals surface area contributed by atoms with Crippen LogP contribution in [0.15, 0.2) is 67.1 Å². The SMILES string of the molecule is COc1cc(OC)cc(N(CCO[Si](C)(C)C(C)(C)C)c2ccc3ncc(-c4cccnc4)nc3c2)c1. The van der Waals surface area contributed by atoms with Gasteiger partial charge in [0, 0.05) is 54.1 Å². The van der Waals surface area contributed by atoms with Crippen LogP contribution in [0.1, 0.15) is 20.8 Å². The fourth-order valence-electron chi connectivity index (χ4n) is 3.79. The third-order valence-corrected chi connectivity index (χ3v) is 11.6. The molecule has 4 aromatic rings. The molecule has 0 aliphatic carbocycles. The van der Waals surface area contributed by atoms with Crippen molar-refractivity contribution < 1.29 is 13.9 Å². The second-order valence-corrected chi connectivity index (χ2v) is 15.3. The first-order valence-electron chi connectivity index (χ1n) is 12.4. The Hall–Kier alpha value is -3.49. The van der Waals surface area contributed by atoms with Crippen LogP contribution in [0.2, 0.25) is 18.1 Å². The smallest absolute Gasteiger partial charge is 0.192 e. The van der Waals surface area contributed by atoms with E-state index in [4.69, 9.17) is 18.9 Å². The van der Waals surface area contributed by atoms with Crippen LogP contribution in [0.25, 0.3) is 22.3 Å². The number of ether oxygens (including phenoxy) is 2. The van der Waals surface area contributed by atoms with E-state index in [1.165, 1.54) is 0 Å². The zero-order chi connectivity index (χ0) is 26.6. The van der Waals surface area contributed by atoms with Crippen molar-refractivity contribution in [3.63, 3.8) is 0 Å². The molecule has 2 heterocycles. The van der Waals surface area contributed by atoms with Crippen LogP contribution in [-0.2, 0) is 4.43 Å². The molecule has 0 bridgehead atoms. The third kappa shape index (κ3) is 6.09. The Morgan fingerprint density at radius 1 is 0.865 bits per heavy atom. The molecule has 2 aromatic heterocycles. The highest BCUT2D eigenvalue weighted by atomic mass is 28.4. The van der Waals surface area contributed by atoms with Crippen molar-refractivity contribution in [3.05, 3.63) is 67.1 Å². The summed E-state index contributed by atoms with van der Waals surface area (Å²) in [6, 6.07) is 15.9. The number of fused-ring (bicyclic) bond motifs is 1. The van der Waals surface area contributed by atoms with Gasteiger partial charge in [-0.05, 0) is 48.5 Å². The van der Waals surface area contributed by atoms with Crippen molar-refractivity contribution in [2.45, 2.75) is 38.9 Å². The highest BCUT2D eigenvalue weighted by Crippen LogP contribution is 2.37. The van der Waals surface area contributed by atoms with E-state index in [0.717, 1.165) is 45.2 Å². The molecule has 8 heteroatoms. The number of pyridine rings is 1. The number of hydrogen-bond acceptors (Lipinski definition) is 7. The lowest BCUT2D eigenvalue weighted by Crippen LogP contribution is -2.42. The maximum absolute atomic E-state index is 6.54. The second kappa shape index (κ2) is 10.9. The van der Waals surface area contributed by atoms with Crippen LogP contribution in [-0.4, -0.2) is 50.6 Å². The predicted octanol–water partition coefficient (Wildman–Crippen LogP) is 6.87. The van der Waals surface area contributed by atoms with Gasteiger partial charge in [0.1, 0.15) is 11.5 Å². The van der Waals surface area contributed by atoms with Gasteiger partial charge in [0.15, 0.2) is 8.32 Å². The molecule has 7 nitrogen and oxygen atoms in total. The van der Waals surface area contributed by atoms with Gasteiger partial charge < -0.3 is 18.8 Å². The number of methoxy groups -OCH3 is 2. The molecule has 2 aromatic carbocycles. The van der Waals surface area contributed by atoms with Crippen molar-refractivity contribution in [2.75, 3.05) is 32.3 Å². The lowest BCUT2D eigenvalue weighted by Gasteiger charge is -2.37. The highest BCUT2D eigenvalue weighted by molar-refractivity contribution is 6.74. The minimum Gasteiger partial charge on any atom is -0.497 e. The largest absolute Gasteiger partial charge is 0.497 e. The summed E-state index contributed by atoms with van der Waals surface area (Å²) in [6.07, 6.45) is 5.34. The molecular weight excluding hydrogens is 480 g/mol. The van der Waals surface area contributed by atoms with Gasteiger partial charge in [-0.3, -0.25) is 9.97 Å². The van der Waals surface area contributed by atoms with Crippen molar-refractivity contribution in [3.8, 4) is 22.8 Å². The zero-order valence-electron chi connectivity index (χ0n) is 22.8. The summed E-state index contributed by atoms with van der Waals surface area (Å²) >= 11 is 0. The van der Waals surface area contributed by atoms with Crippen molar-refractivity contribution in [2.24, 2.45) is 0 Å². The number of hydrogen-bond donors (Lipinski definition) is 0.